The Kier molecular flexibility index (Phi) is 2.40. The summed E-state index contributed by atoms with van der Waals surface area (Å²) in [5.74, 6) is -0.0637. The number of rotatable bonds is 1. The molecule has 0 unspecified atom stereocenters. The molecule has 0 aliphatic heterocycles. The Labute approximate surface area is 94.8 Å². The second-order valence-corrected chi connectivity index (χ2v) is 3.96. The van der Waals surface area contributed by atoms with E-state index in [0.717, 1.165) is 16.6 Å². The van der Waals surface area contributed by atoms with Gasteiger partial charge in [0.05, 0.1) is 28.4 Å². The summed E-state index contributed by atoms with van der Waals surface area (Å²) in [7, 11) is 0. The van der Waals surface area contributed by atoms with Crippen LogP contribution in [0.25, 0.3) is 10.9 Å². The third kappa shape index (κ3) is 1.87. The highest BCUT2D eigenvalue weighted by Gasteiger charge is 2.01. The Morgan fingerprint density at radius 2 is 2.36 bits per heavy atom. The van der Waals surface area contributed by atoms with Gasteiger partial charge in [0.15, 0.2) is 0 Å². The van der Waals surface area contributed by atoms with E-state index >= 15 is 0 Å². The number of fused-ring (bicyclic) bond motifs is 1. The van der Waals surface area contributed by atoms with E-state index in [1.807, 2.05) is 24.4 Å². The van der Waals surface area contributed by atoms with Gasteiger partial charge in [0.25, 0.3) is 0 Å². The minimum absolute atomic E-state index is 0.0637. The zero-order chi connectivity index (χ0) is 10.1. The first kappa shape index (κ1) is 9.45. The summed E-state index contributed by atoms with van der Waals surface area (Å²) in [6.45, 7) is 1.49. The molecule has 1 aromatic carbocycles. The summed E-state index contributed by atoms with van der Waals surface area (Å²) >= 11 is 2.09. The van der Waals surface area contributed by atoms with E-state index in [2.05, 4.69) is 33.3 Å². The number of hydrogen-bond donors (Lipinski definition) is 1. The van der Waals surface area contributed by atoms with Crippen LogP contribution in [-0.2, 0) is 4.79 Å². The van der Waals surface area contributed by atoms with Crippen LogP contribution in [0.3, 0.4) is 0 Å². The number of benzene rings is 1. The molecule has 1 amide bonds. The van der Waals surface area contributed by atoms with Crippen LogP contribution < -0.4 is 5.32 Å². The highest BCUT2D eigenvalue weighted by atomic mass is 127. The van der Waals surface area contributed by atoms with Crippen molar-refractivity contribution in [2.45, 2.75) is 6.92 Å². The predicted octanol–water partition coefficient (Wildman–Crippen LogP) is 2.19. The molecular formula is C9H8IN3O. The highest BCUT2D eigenvalue weighted by Crippen LogP contribution is 2.18. The fraction of sp³-hybridized carbons (Fsp3) is 0.111. The average molecular weight is 301 g/mol. The normalized spacial score (nSPS) is 10.4. The Morgan fingerprint density at radius 3 is 3.07 bits per heavy atom. The molecule has 0 aliphatic rings. The molecule has 0 atom stereocenters. The van der Waals surface area contributed by atoms with E-state index in [9.17, 15) is 4.79 Å². The lowest BCUT2D eigenvalue weighted by Gasteiger charge is -1.99. The third-order valence-electron chi connectivity index (χ3n) is 1.80. The lowest BCUT2D eigenvalue weighted by Crippen LogP contribution is -2.05. The molecule has 1 aromatic heterocycles. The maximum absolute atomic E-state index is 10.8. The maximum atomic E-state index is 10.8. The van der Waals surface area contributed by atoms with Gasteiger partial charge in [-0.15, -0.1) is 0 Å². The van der Waals surface area contributed by atoms with Crippen LogP contribution >= 0.6 is 22.9 Å². The number of amides is 1. The standard InChI is InChI=1S/C9H8IN3O/c1-6(14)11-8-2-3-9-7(4-8)5-13(10)12-9/h2-5H,1H3,(H,11,14). The van der Waals surface area contributed by atoms with E-state index in [4.69, 9.17) is 0 Å². The lowest BCUT2D eigenvalue weighted by molar-refractivity contribution is -0.114. The van der Waals surface area contributed by atoms with Gasteiger partial charge in [-0.25, -0.2) is 2.90 Å². The quantitative estimate of drug-likeness (QED) is 0.821. The number of nitrogens with one attached hydrogen (secondary N) is 1. The van der Waals surface area contributed by atoms with E-state index in [1.54, 1.807) is 2.90 Å². The highest BCUT2D eigenvalue weighted by molar-refractivity contribution is 14.1. The number of nitrogens with zero attached hydrogens (tertiary/aromatic N) is 2. The average Bonchev–Trinajstić information content (AvgIpc) is 2.42. The third-order valence-corrected chi connectivity index (χ3v) is 2.29. The van der Waals surface area contributed by atoms with E-state index in [1.165, 1.54) is 6.92 Å². The minimum Gasteiger partial charge on any atom is -0.326 e. The van der Waals surface area contributed by atoms with Gasteiger partial charge in [0.1, 0.15) is 0 Å². The summed E-state index contributed by atoms with van der Waals surface area (Å²) in [4.78, 5) is 10.8. The topological polar surface area (TPSA) is 46.9 Å². The van der Waals surface area contributed by atoms with Crippen LogP contribution in [0.15, 0.2) is 24.4 Å². The molecule has 1 heterocycles. The molecule has 1 N–H and O–H groups in total. The Balaban J connectivity index is 2.45. The first-order chi connectivity index (χ1) is 6.65. The van der Waals surface area contributed by atoms with Gasteiger partial charge in [-0.05, 0) is 18.2 Å². The molecule has 4 nitrogen and oxygen atoms in total. The Bertz CT molecular complexity index is 492. The van der Waals surface area contributed by atoms with Crippen molar-refractivity contribution < 1.29 is 4.79 Å². The van der Waals surface area contributed by atoms with Crippen molar-refractivity contribution in [3.63, 3.8) is 0 Å². The monoisotopic (exact) mass is 301 g/mol. The summed E-state index contributed by atoms with van der Waals surface area (Å²) < 4.78 is 1.72. The molecule has 0 saturated heterocycles. The molecule has 14 heavy (non-hydrogen) atoms. The van der Waals surface area contributed by atoms with E-state index in [0.29, 0.717) is 0 Å². The molecule has 0 bridgehead atoms. The largest absolute Gasteiger partial charge is 0.326 e. The number of aromatic nitrogens is 2. The van der Waals surface area contributed by atoms with Crippen LogP contribution in [0.2, 0.25) is 0 Å². The van der Waals surface area contributed by atoms with Gasteiger partial charge in [-0.3, -0.25) is 4.79 Å². The van der Waals surface area contributed by atoms with Gasteiger partial charge in [0, 0.05) is 24.2 Å². The van der Waals surface area contributed by atoms with Crippen molar-refractivity contribution in [3.8, 4) is 0 Å². The molecule has 5 heteroatoms. The molecule has 2 rings (SSSR count). The van der Waals surface area contributed by atoms with Crippen LogP contribution in [0.1, 0.15) is 6.92 Å². The molecule has 2 aromatic rings. The van der Waals surface area contributed by atoms with Gasteiger partial charge in [0.2, 0.25) is 5.91 Å². The first-order valence-corrected chi connectivity index (χ1v) is 5.05. The summed E-state index contributed by atoms with van der Waals surface area (Å²) in [5.41, 5.74) is 1.72. The van der Waals surface area contributed by atoms with Crippen molar-refractivity contribution in [2.24, 2.45) is 0 Å². The first-order valence-electron chi connectivity index (χ1n) is 4.08. The molecule has 72 valence electrons. The van der Waals surface area contributed by atoms with Crippen molar-refractivity contribution in [2.75, 3.05) is 5.32 Å². The van der Waals surface area contributed by atoms with E-state index < -0.39 is 0 Å². The molecule has 0 saturated carbocycles. The van der Waals surface area contributed by atoms with Crippen LogP contribution in [-0.4, -0.2) is 13.9 Å². The zero-order valence-corrected chi connectivity index (χ0v) is 9.65. The number of carbonyl (C=O) groups excluding carboxylic acids is 1. The Morgan fingerprint density at radius 1 is 1.57 bits per heavy atom. The van der Waals surface area contributed by atoms with Gasteiger partial charge < -0.3 is 5.32 Å². The summed E-state index contributed by atoms with van der Waals surface area (Å²) in [5, 5.41) is 7.97. The minimum atomic E-state index is -0.0637. The molecular weight excluding hydrogens is 293 g/mol. The van der Waals surface area contributed by atoms with Crippen molar-refractivity contribution >= 4 is 45.4 Å². The lowest BCUT2D eigenvalue weighted by atomic mass is 10.2. The van der Waals surface area contributed by atoms with Crippen LogP contribution in [0, 0.1) is 0 Å². The smallest absolute Gasteiger partial charge is 0.221 e. The summed E-state index contributed by atoms with van der Waals surface area (Å²) in [6, 6.07) is 5.63. The molecule has 0 aliphatic carbocycles. The SMILES string of the molecule is CC(=O)Nc1ccc2nn(I)cc2c1. The number of anilines is 1. The fourth-order valence-electron chi connectivity index (χ4n) is 1.28. The Hall–Kier alpha value is -1.11. The van der Waals surface area contributed by atoms with Crippen molar-refractivity contribution in [3.05, 3.63) is 24.4 Å². The van der Waals surface area contributed by atoms with Crippen LogP contribution in [0.5, 0.6) is 0 Å². The maximum Gasteiger partial charge on any atom is 0.221 e. The second-order valence-electron chi connectivity index (χ2n) is 2.97. The number of hydrogen-bond acceptors (Lipinski definition) is 2. The molecule has 0 radical (unpaired) electrons. The summed E-state index contributed by atoms with van der Waals surface area (Å²) in [6.07, 6.45) is 1.90. The fourth-order valence-corrected chi connectivity index (χ4v) is 1.81. The molecule has 0 spiro atoms. The predicted molar refractivity (Wildman–Crippen MR) is 63.5 cm³/mol. The van der Waals surface area contributed by atoms with E-state index in [-0.39, 0.29) is 5.91 Å². The second kappa shape index (κ2) is 3.56. The van der Waals surface area contributed by atoms with Crippen molar-refractivity contribution in [1.29, 1.82) is 0 Å². The van der Waals surface area contributed by atoms with Gasteiger partial charge >= 0.3 is 0 Å². The van der Waals surface area contributed by atoms with Gasteiger partial charge in [-0.1, -0.05) is 0 Å². The number of carbonyl (C=O) groups is 1. The number of halogens is 1. The molecule has 0 fully saturated rings. The zero-order valence-electron chi connectivity index (χ0n) is 7.49. The van der Waals surface area contributed by atoms with Crippen molar-refractivity contribution in [1.82, 2.24) is 7.99 Å². The van der Waals surface area contributed by atoms with Crippen LogP contribution in [0.4, 0.5) is 5.69 Å². The van der Waals surface area contributed by atoms with Gasteiger partial charge in [-0.2, -0.15) is 5.10 Å².